The van der Waals surface area contributed by atoms with Gasteiger partial charge in [-0.25, -0.2) is 4.39 Å². The van der Waals surface area contributed by atoms with Crippen molar-refractivity contribution >= 4 is 40.1 Å². The summed E-state index contributed by atoms with van der Waals surface area (Å²) in [5.74, 6) is -0.0187. The Morgan fingerprint density at radius 1 is 1.12 bits per heavy atom. The molecule has 0 spiro atoms. The third-order valence-corrected chi connectivity index (χ3v) is 5.46. The number of aromatic nitrogens is 1. The molecule has 0 radical (unpaired) electrons. The molecule has 3 aromatic carbocycles. The fourth-order valence-corrected chi connectivity index (χ4v) is 3.67. The number of guanidine groups is 1. The number of carbonyl (C=O) groups is 1. The number of para-hydroxylation sites is 1. The van der Waals surface area contributed by atoms with Gasteiger partial charge in [0.1, 0.15) is 11.6 Å². The molecule has 1 aromatic heterocycles. The summed E-state index contributed by atoms with van der Waals surface area (Å²) in [4.78, 5) is 20.6. The van der Waals surface area contributed by atoms with Crippen LogP contribution in [0.2, 0.25) is 5.02 Å². The summed E-state index contributed by atoms with van der Waals surface area (Å²) in [6, 6.07) is 19.2. The summed E-state index contributed by atoms with van der Waals surface area (Å²) < 4.78 is 19.0. The summed E-state index contributed by atoms with van der Waals surface area (Å²) in [5.41, 5.74) is 3.16. The number of amides is 1. The summed E-state index contributed by atoms with van der Waals surface area (Å²) >= 11 is 5.84. The molecule has 8 heteroatoms. The second-order valence-corrected chi connectivity index (χ2v) is 7.91. The van der Waals surface area contributed by atoms with Crippen molar-refractivity contribution in [3.8, 4) is 5.75 Å². The van der Waals surface area contributed by atoms with E-state index in [1.807, 2.05) is 55.6 Å². The van der Waals surface area contributed by atoms with Crippen LogP contribution in [0.1, 0.15) is 22.8 Å². The van der Waals surface area contributed by atoms with Crippen LogP contribution in [0.15, 0.2) is 77.9 Å². The Kier molecular flexibility index (Phi) is 7.44. The van der Waals surface area contributed by atoms with Crippen molar-refractivity contribution in [2.45, 2.75) is 13.3 Å². The van der Waals surface area contributed by atoms with Crippen molar-refractivity contribution in [1.82, 2.24) is 10.3 Å². The van der Waals surface area contributed by atoms with Crippen LogP contribution >= 0.6 is 11.6 Å². The number of carbonyl (C=O) groups excluding carboxylic acids is 1. The maximum atomic E-state index is 13.5. The summed E-state index contributed by atoms with van der Waals surface area (Å²) in [6.45, 7) is 2.93. The van der Waals surface area contributed by atoms with E-state index < -0.39 is 11.7 Å². The molecule has 0 atom stereocenters. The summed E-state index contributed by atoms with van der Waals surface area (Å²) in [5, 5.41) is 6.93. The number of nitrogens with zero attached hydrogens (tertiary/aromatic N) is 1. The third-order valence-electron chi connectivity index (χ3n) is 5.17. The van der Waals surface area contributed by atoms with Gasteiger partial charge in [-0.15, -0.1) is 0 Å². The molecule has 4 rings (SSSR count). The van der Waals surface area contributed by atoms with Gasteiger partial charge in [-0.1, -0.05) is 29.8 Å². The normalized spacial score (nSPS) is 11.4. The predicted octanol–water partition coefficient (Wildman–Crippen LogP) is 5.80. The lowest BCUT2D eigenvalue weighted by atomic mass is 10.1. The van der Waals surface area contributed by atoms with E-state index in [2.05, 4.69) is 26.7 Å². The molecule has 0 saturated carbocycles. The average molecular weight is 479 g/mol. The number of anilines is 1. The van der Waals surface area contributed by atoms with E-state index in [9.17, 15) is 9.18 Å². The second kappa shape index (κ2) is 10.9. The zero-order valence-electron chi connectivity index (χ0n) is 18.6. The molecule has 4 aromatic rings. The van der Waals surface area contributed by atoms with Crippen LogP contribution in [-0.2, 0) is 6.42 Å². The van der Waals surface area contributed by atoms with E-state index in [4.69, 9.17) is 16.3 Å². The first-order valence-electron chi connectivity index (χ1n) is 10.9. The lowest BCUT2D eigenvalue weighted by molar-refractivity contribution is 0.0977. The fourth-order valence-electron chi connectivity index (χ4n) is 3.49. The van der Waals surface area contributed by atoms with Crippen molar-refractivity contribution in [2.75, 3.05) is 18.5 Å². The number of aliphatic imine (C=N–C) groups is 1. The Hall–Kier alpha value is -3.84. The van der Waals surface area contributed by atoms with Gasteiger partial charge < -0.3 is 15.0 Å². The van der Waals surface area contributed by atoms with Gasteiger partial charge in [0.2, 0.25) is 5.96 Å². The highest BCUT2D eigenvalue weighted by Gasteiger charge is 2.12. The van der Waals surface area contributed by atoms with Crippen LogP contribution in [-0.4, -0.2) is 30.0 Å². The van der Waals surface area contributed by atoms with Crippen LogP contribution in [0, 0.1) is 5.82 Å². The minimum absolute atomic E-state index is 0.120. The number of nitrogens with one attached hydrogen (secondary N) is 3. The minimum atomic E-state index is -0.585. The smallest absolute Gasteiger partial charge is 0.258 e. The monoisotopic (exact) mass is 478 g/mol. The number of halogens is 2. The SMILES string of the molecule is CCOc1ccc(NC(=NCCc2c[nH]c3ccccc23)NC(=O)c2ccc(F)c(Cl)c2)cc1. The first kappa shape index (κ1) is 23.3. The zero-order chi connectivity index (χ0) is 23.9. The maximum Gasteiger partial charge on any atom is 0.258 e. The molecule has 0 unspecified atom stereocenters. The first-order chi connectivity index (χ1) is 16.5. The fraction of sp³-hybridized carbons (Fsp3) is 0.154. The summed E-state index contributed by atoms with van der Waals surface area (Å²) in [6.07, 6.45) is 2.65. The van der Waals surface area contributed by atoms with Gasteiger partial charge in [0.15, 0.2) is 0 Å². The molecule has 1 amide bonds. The van der Waals surface area contributed by atoms with Gasteiger partial charge in [-0.05, 0) is 67.4 Å². The molecular formula is C26H24ClFN4O2. The van der Waals surface area contributed by atoms with E-state index in [0.29, 0.717) is 19.6 Å². The predicted molar refractivity (Wildman–Crippen MR) is 134 cm³/mol. The molecule has 174 valence electrons. The Morgan fingerprint density at radius 3 is 2.68 bits per heavy atom. The molecule has 0 aliphatic carbocycles. The zero-order valence-corrected chi connectivity index (χ0v) is 19.3. The van der Waals surface area contributed by atoms with Crippen LogP contribution in [0.5, 0.6) is 5.75 Å². The molecule has 34 heavy (non-hydrogen) atoms. The van der Waals surface area contributed by atoms with Crippen molar-refractivity contribution in [3.05, 3.63) is 94.9 Å². The van der Waals surface area contributed by atoms with Gasteiger partial charge in [0, 0.05) is 34.9 Å². The number of hydrogen-bond acceptors (Lipinski definition) is 3. The average Bonchev–Trinajstić information content (AvgIpc) is 3.25. The standard InChI is InChI=1S/C26H24ClFN4O2/c1-2-34-20-10-8-19(9-11-20)31-26(32-25(33)17-7-12-23(28)22(27)15-17)29-14-13-18-16-30-24-6-4-3-5-21(18)24/h3-12,15-16,30H,2,13-14H2,1H3,(H2,29,31,32,33). The molecule has 0 bridgehead atoms. The van der Waals surface area contributed by atoms with Gasteiger partial charge in [-0.3, -0.25) is 15.1 Å². The first-order valence-corrected chi connectivity index (χ1v) is 11.3. The van der Waals surface area contributed by atoms with Crippen LogP contribution in [0.25, 0.3) is 10.9 Å². The topological polar surface area (TPSA) is 78.5 Å². The van der Waals surface area contributed by atoms with E-state index in [0.717, 1.165) is 34.0 Å². The number of H-pyrrole nitrogens is 1. The summed E-state index contributed by atoms with van der Waals surface area (Å²) in [7, 11) is 0. The molecule has 0 aliphatic rings. The molecule has 3 N–H and O–H groups in total. The lowest BCUT2D eigenvalue weighted by Gasteiger charge is -2.13. The van der Waals surface area contributed by atoms with E-state index in [-0.39, 0.29) is 16.5 Å². The Morgan fingerprint density at radius 2 is 1.91 bits per heavy atom. The van der Waals surface area contributed by atoms with Gasteiger partial charge in [-0.2, -0.15) is 0 Å². The van der Waals surface area contributed by atoms with E-state index >= 15 is 0 Å². The van der Waals surface area contributed by atoms with Gasteiger partial charge >= 0.3 is 0 Å². The number of rotatable bonds is 7. The van der Waals surface area contributed by atoms with Crippen LogP contribution < -0.4 is 15.4 Å². The van der Waals surface area contributed by atoms with Crippen molar-refractivity contribution in [1.29, 1.82) is 0 Å². The largest absolute Gasteiger partial charge is 0.494 e. The van der Waals surface area contributed by atoms with E-state index in [1.54, 1.807) is 0 Å². The van der Waals surface area contributed by atoms with Crippen molar-refractivity contribution in [3.63, 3.8) is 0 Å². The molecular weight excluding hydrogens is 455 g/mol. The molecule has 6 nitrogen and oxygen atoms in total. The van der Waals surface area contributed by atoms with Crippen LogP contribution in [0.4, 0.5) is 10.1 Å². The van der Waals surface area contributed by atoms with Crippen molar-refractivity contribution in [2.24, 2.45) is 4.99 Å². The van der Waals surface area contributed by atoms with E-state index in [1.165, 1.54) is 12.1 Å². The quantitative estimate of drug-likeness (QED) is 0.232. The minimum Gasteiger partial charge on any atom is -0.494 e. The number of aromatic amines is 1. The maximum absolute atomic E-state index is 13.5. The third kappa shape index (κ3) is 5.74. The highest BCUT2D eigenvalue weighted by atomic mass is 35.5. The van der Waals surface area contributed by atoms with Gasteiger partial charge in [0.05, 0.1) is 11.6 Å². The number of ether oxygens (including phenoxy) is 1. The van der Waals surface area contributed by atoms with Gasteiger partial charge in [0.25, 0.3) is 5.91 Å². The Balaban J connectivity index is 1.51. The molecule has 1 heterocycles. The lowest BCUT2D eigenvalue weighted by Crippen LogP contribution is -2.36. The van der Waals surface area contributed by atoms with Crippen LogP contribution in [0.3, 0.4) is 0 Å². The molecule has 0 aliphatic heterocycles. The highest BCUT2D eigenvalue weighted by Crippen LogP contribution is 2.19. The second-order valence-electron chi connectivity index (χ2n) is 7.51. The Labute approximate surface area is 201 Å². The van der Waals surface area contributed by atoms with Crippen molar-refractivity contribution < 1.29 is 13.9 Å². The number of hydrogen-bond donors (Lipinski definition) is 3. The highest BCUT2D eigenvalue weighted by molar-refractivity contribution is 6.31. The molecule has 0 fully saturated rings. The Bertz CT molecular complexity index is 1320. The molecule has 0 saturated heterocycles. The number of fused-ring (bicyclic) bond motifs is 1. The number of benzene rings is 3.